The van der Waals surface area contributed by atoms with Crippen molar-refractivity contribution in [2.45, 2.75) is 0 Å². The minimum atomic E-state index is 0.461. The molecule has 0 aliphatic carbocycles. The maximum absolute atomic E-state index is 6.30. The second-order valence-electron chi connectivity index (χ2n) is 5.92. The summed E-state index contributed by atoms with van der Waals surface area (Å²) in [6, 6.07) is 12.4. The van der Waals surface area contributed by atoms with Gasteiger partial charge in [-0.3, -0.25) is 4.98 Å². The molecular formula is C20H13Cl3N4O. The van der Waals surface area contributed by atoms with Gasteiger partial charge in [0.05, 0.1) is 17.6 Å². The van der Waals surface area contributed by atoms with Crippen molar-refractivity contribution in [3.8, 4) is 17.1 Å². The summed E-state index contributed by atoms with van der Waals surface area (Å²) in [5.74, 6) is 1.61. The molecule has 4 aromatic rings. The summed E-state index contributed by atoms with van der Waals surface area (Å²) < 4.78 is 5.34. The molecule has 4 rings (SSSR count). The van der Waals surface area contributed by atoms with E-state index in [-0.39, 0.29) is 0 Å². The van der Waals surface area contributed by atoms with Crippen LogP contribution in [-0.4, -0.2) is 22.1 Å². The van der Waals surface area contributed by atoms with Crippen LogP contribution in [0, 0.1) is 0 Å². The van der Waals surface area contributed by atoms with Gasteiger partial charge in [-0.15, -0.1) is 0 Å². The zero-order valence-electron chi connectivity index (χ0n) is 14.6. The van der Waals surface area contributed by atoms with Gasteiger partial charge >= 0.3 is 0 Å². The largest absolute Gasteiger partial charge is 0.495 e. The Kier molecular flexibility index (Phi) is 5.22. The molecule has 0 fully saturated rings. The summed E-state index contributed by atoms with van der Waals surface area (Å²) in [5, 5.41) is 5.50. The van der Waals surface area contributed by atoms with Gasteiger partial charge in [-0.1, -0.05) is 34.8 Å². The Morgan fingerprint density at radius 2 is 1.75 bits per heavy atom. The van der Waals surface area contributed by atoms with Crippen LogP contribution in [0.3, 0.4) is 0 Å². The highest BCUT2D eigenvalue weighted by atomic mass is 35.5. The molecule has 0 bridgehead atoms. The van der Waals surface area contributed by atoms with Crippen molar-refractivity contribution in [2.24, 2.45) is 0 Å². The quantitative estimate of drug-likeness (QED) is 0.405. The van der Waals surface area contributed by atoms with Gasteiger partial charge in [-0.25, -0.2) is 9.97 Å². The smallest absolute Gasteiger partial charge is 0.163 e. The van der Waals surface area contributed by atoms with Gasteiger partial charge in [0, 0.05) is 39.1 Å². The van der Waals surface area contributed by atoms with Crippen molar-refractivity contribution in [2.75, 3.05) is 12.4 Å². The maximum atomic E-state index is 6.30. The first kappa shape index (κ1) is 18.7. The van der Waals surface area contributed by atoms with Gasteiger partial charge < -0.3 is 10.1 Å². The van der Waals surface area contributed by atoms with Crippen LogP contribution >= 0.6 is 34.8 Å². The van der Waals surface area contributed by atoms with Gasteiger partial charge in [-0.05, 0) is 42.5 Å². The Morgan fingerprint density at radius 1 is 0.964 bits per heavy atom. The van der Waals surface area contributed by atoms with Crippen LogP contribution in [0.15, 0.2) is 54.9 Å². The van der Waals surface area contributed by atoms with Crippen LogP contribution in [0.25, 0.3) is 22.3 Å². The number of benzene rings is 2. The van der Waals surface area contributed by atoms with E-state index in [4.69, 9.17) is 39.5 Å². The summed E-state index contributed by atoms with van der Waals surface area (Å²) >= 11 is 18.6. The van der Waals surface area contributed by atoms with E-state index in [1.165, 1.54) is 0 Å². The molecule has 0 aliphatic rings. The van der Waals surface area contributed by atoms with Gasteiger partial charge in [0.15, 0.2) is 5.82 Å². The average molecular weight is 432 g/mol. The van der Waals surface area contributed by atoms with Gasteiger partial charge in [0.25, 0.3) is 0 Å². The number of pyridine rings is 1. The zero-order chi connectivity index (χ0) is 19.7. The molecule has 0 aliphatic heterocycles. The minimum Gasteiger partial charge on any atom is -0.495 e. The van der Waals surface area contributed by atoms with E-state index in [1.807, 2.05) is 12.1 Å². The summed E-state index contributed by atoms with van der Waals surface area (Å²) in [7, 11) is 1.56. The van der Waals surface area contributed by atoms with Crippen molar-refractivity contribution in [1.29, 1.82) is 0 Å². The lowest BCUT2D eigenvalue weighted by Gasteiger charge is -2.13. The van der Waals surface area contributed by atoms with Crippen LogP contribution in [0.1, 0.15) is 0 Å². The average Bonchev–Trinajstić information content (AvgIpc) is 2.67. The van der Waals surface area contributed by atoms with Crippen molar-refractivity contribution >= 4 is 57.2 Å². The Labute approximate surface area is 176 Å². The topological polar surface area (TPSA) is 59.9 Å². The summed E-state index contributed by atoms with van der Waals surface area (Å²) in [6.45, 7) is 0. The predicted octanol–water partition coefficient (Wildman–Crippen LogP) is 6.40. The fourth-order valence-electron chi connectivity index (χ4n) is 2.77. The molecule has 2 heterocycles. The zero-order valence-corrected chi connectivity index (χ0v) is 16.8. The number of hydrogen-bond acceptors (Lipinski definition) is 5. The summed E-state index contributed by atoms with van der Waals surface area (Å²) in [6.07, 6.45) is 3.39. The fraction of sp³-hybridized carbons (Fsp3) is 0.0500. The molecule has 2 aromatic carbocycles. The minimum absolute atomic E-state index is 0.461. The third-order valence-electron chi connectivity index (χ3n) is 4.01. The van der Waals surface area contributed by atoms with Crippen molar-refractivity contribution in [3.05, 3.63) is 69.9 Å². The summed E-state index contributed by atoms with van der Waals surface area (Å²) in [4.78, 5) is 13.5. The second kappa shape index (κ2) is 7.80. The third kappa shape index (κ3) is 3.83. The molecule has 140 valence electrons. The number of rotatable bonds is 4. The van der Waals surface area contributed by atoms with E-state index in [1.54, 1.807) is 49.8 Å². The first-order valence-corrected chi connectivity index (χ1v) is 9.35. The van der Waals surface area contributed by atoms with Gasteiger partial charge in [0.1, 0.15) is 11.6 Å². The Morgan fingerprint density at radius 3 is 2.43 bits per heavy atom. The number of fused-ring (bicyclic) bond motifs is 1. The Balaban J connectivity index is 1.92. The SMILES string of the molecule is COc1cc2c(Nc3cc(Cl)cc(Cl)c3)nc(-c3cccnc3)nc2cc1Cl. The molecule has 28 heavy (non-hydrogen) atoms. The van der Waals surface area contributed by atoms with Crippen molar-refractivity contribution in [1.82, 2.24) is 15.0 Å². The molecule has 0 spiro atoms. The van der Waals surface area contributed by atoms with Gasteiger partial charge in [0.2, 0.25) is 0 Å². The van der Waals surface area contributed by atoms with Crippen molar-refractivity contribution in [3.63, 3.8) is 0 Å². The number of methoxy groups -OCH3 is 1. The highest BCUT2D eigenvalue weighted by Crippen LogP contribution is 2.35. The predicted molar refractivity (Wildman–Crippen MR) is 114 cm³/mol. The van der Waals surface area contributed by atoms with Crippen LogP contribution in [-0.2, 0) is 0 Å². The monoisotopic (exact) mass is 430 g/mol. The molecule has 0 saturated carbocycles. The van der Waals surface area contributed by atoms with E-state index in [2.05, 4.69) is 20.3 Å². The molecule has 0 unspecified atom stereocenters. The van der Waals surface area contributed by atoms with Gasteiger partial charge in [-0.2, -0.15) is 0 Å². The maximum Gasteiger partial charge on any atom is 0.163 e. The molecular weight excluding hydrogens is 419 g/mol. The standard InChI is InChI=1S/C20H13Cl3N4O/c1-28-18-8-15-17(9-16(18)23)26-19(11-3-2-4-24-10-11)27-20(15)25-14-6-12(21)5-13(22)7-14/h2-10H,1H3,(H,25,26,27). The first-order chi connectivity index (χ1) is 13.5. The molecule has 1 N–H and O–H groups in total. The van der Waals surface area contributed by atoms with Crippen LogP contribution in [0.4, 0.5) is 11.5 Å². The Hall–Kier alpha value is -2.60. The molecule has 0 atom stereocenters. The van der Waals surface area contributed by atoms with Crippen LogP contribution in [0.2, 0.25) is 15.1 Å². The number of ether oxygens (including phenoxy) is 1. The fourth-order valence-corrected chi connectivity index (χ4v) is 3.53. The number of anilines is 2. The van der Waals surface area contributed by atoms with E-state index in [0.717, 1.165) is 10.9 Å². The number of aromatic nitrogens is 3. The lowest BCUT2D eigenvalue weighted by Crippen LogP contribution is -2.00. The van der Waals surface area contributed by atoms with Crippen LogP contribution < -0.4 is 10.1 Å². The first-order valence-electron chi connectivity index (χ1n) is 8.22. The Bertz CT molecular complexity index is 1150. The lowest BCUT2D eigenvalue weighted by molar-refractivity contribution is 0.415. The normalized spacial score (nSPS) is 10.9. The number of nitrogens with zero attached hydrogens (tertiary/aromatic N) is 3. The lowest BCUT2D eigenvalue weighted by atomic mass is 10.2. The highest BCUT2D eigenvalue weighted by molar-refractivity contribution is 6.35. The molecule has 0 amide bonds. The molecule has 8 heteroatoms. The molecule has 5 nitrogen and oxygen atoms in total. The molecule has 0 saturated heterocycles. The molecule has 0 radical (unpaired) electrons. The van der Waals surface area contributed by atoms with E-state index >= 15 is 0 Å². The number of nitrogens with one attached hydrogen (secondary N) is 1. The summed E-state index contributed by atoms with van der Waals surface area (Å²) in [5.41, 5.74) is 2.14. The van der Waals surface area contributed by atoms with E-state index < -0.39 is 0 Å². The number of halogens is 3. The number of hydrogen-bond donors (Lipinski definition) is 1. The third-order valence-corrected chi connectivity index (χ3v) is 4.75. The van der Waals surface area contributed by atoms with Crippen LogP contribution in [0.5, 0.6) is 5.75 Å². The molecule has 2 aromatic heterocycles. The second-order valence-corrected chi connectivity index (χ2v) is 7.20. The highest BCUT2D eigenvalue weighted by Gasteiger charge is 2.14. The van der Waals surface area contributed by atoms with E-state index in [0.29, 0.717) is 43.7 Å². The van der Waals surface area contributed by atoms with Crippen molar-refractivity contribution < 1.29 is 4.74 Å². The van der Waals surface area contributed by atoms with E-state index in [9.17, 15) is 0 Å².